The Balaban J connectivity index is 1.12. The lowest BCUT2D eigenvalue weighted by Gasteiger charge is -2.29. The number of rotatable bonds is 23. The summed E-state index contributed by atoms with van der Waals surface area (Å²) in [4.78, 5) is 50.1. The number of anilines is 1. The molecule has 0 radical (unpaired) electrons. The van der Waals surface area contributed by atoms with Crippen LogP contribution in [0.2, 0.25) is 0 Å². The second kappa shape index (κ2) is 20.5. The van der Waals surface area contributed by atoms with Crippen LogP contribution >= 0.6 is 0 Å². The predicted octanol–water partition coefficient (Wildman–Crippen LogP) is 0.136. The number of terminal acetylenes is 1. The van der Waals surface area contributed by atoms with E-state index >= 15 is 0 Å². The van der Waals surface area contributed by atoms with E-state index in [2.05, 4.69) is 16.6 Å². The van der Waals surface area contributed by atoms with Gasteiger partial charge < -0.3 is 43.4 Å². The van der Waals surface area contributed by atoms with Crippen LogP contribution in [0.4, 0.5) is 5.69 Å². The van der Waals surface area contributed by atoms with Crippen LogP contribution in [-0.2, 0) is 54.1 Å². The van der Waals surface area contributed by atoms with Gasteiger partial charge in [-0.1, -0.05) is 5.92 Å². The normalized spacial score (nSPS) is 16.1. The molecule has 3 rings (SSSR count). The molecule has 2 heterocycles. The molecule has 242 valence electrons. The van der Waals surface area contributed by atoms with Crippen LogP contribution in [0.25, 0.3) is 0 Å². The van der Waals surface area contributed by atoms with Gasteiger partial charge in [-0.2, -0.15) is 0 Å². The van der Waals surface area contributed by atoms with Gasteiger partial charge in [0.25, 0.3) is 5.91 Å². The largest absolute Gasteiger partial charge is 0.377 e. The van der Waals surface area contributed by atoms with Crippen molar-refractivity contribution in [2.24, 2.45) is 0 Å². The van der Waals surface area contributed by atoms with Crippen molar-refractivity contribution >= 4 is 29.3 Å². The van der Waals surface area contributed by atoms with Crippen LogP contribution in [0.3, 0.4) is 0 Å². The first-order chi connectivity index (χ1) is 21.5. The van der Waals surface area contributed by atoms with Gasteiger partial charge in [0.05, 0.1) is 79.3 Å². The summed E-state index contributed by atoms with van der Waals surface area (Å²) in [6.07, 6.45) is 5.55. The lowest BCUT2D eigenvalue weighted by atomic mass is 10.0. The third-order valence-electron chi connectivity index (χ3n) is 6.46. The summed E-state index contributed by atoms with van der Waals surface area (Å²) >= 11 is 0. The van der Waals surface area contributed by atoms with Gasteiger partial charge in [-0.3, -0.25) is 24.5 Å². The quantitative estimate of drug-likeness (QED) is 0.0974. The molecule has 1 saturated heterocycles. The smallest absolute Gasteiger partial charge is 0.255 e. The molecule has 2 aliphatic heterocycles. The Morgan fingerprint density at radius 3 is 1.93 bits per heavy atom. The van der Waals surface area contributed by atoms with Crippen LogP contribution < -0.4 is 10.6 Å². The number of piperidine rings is 1. The van der Waals surface area contributed by atoms with Crippen molar-refractivity contribution < 1.29 is 52.3 Å². The molecule has 0 bridgehead atoms. The molecular formula is C30H41N3O11. The maximum absolute atomic E-state index is 12.8. The molecule has 4 amide bonds. The third kappa shape index (κ3) is 12.7. The highest BCUT2D eigenvalue weighted by molar-refractivity contribution is 6.05. The molecule has 1 atom stereocenters. The van der Waals surface area contributed by atoms with Crippen LogP contribution in [0, 0.1) is 12.3 Å². The Morgan fingerprint density at radius 1 is 0.841 bits per heavy atom. The molecule has 44 heavy (non-hydrogen) atoms. The van der Waals surface area contributed by atoms with Crippen LogP contribution in [0.15, 0.2) is 18.2 Å². The van der Waals surface area contributed by atoms with Gasteiger partial charge in [-0.15, -0.1) is 6.42 Å². The number of carbonyl (C=O) groups excluding carboxylic acids is 4. The minimum Gasteiger partial charge on any atom is -0.377 e. The van der Waals surface area contributed by atoms with Gasteiger partial charge in [0.15, 0.2) is 0 Å². The van der Waals surface area contributed by atoms with Gasteiger partial charge >= 0.3 is 0 Å². The number of carbonyl (C=O) groups is 4. The van der Waals surface area contributed by atoms with E-state index in [9.17, 15) is 19.2 Å². The van der Waals surface area contributed by atoms with E-state index in [0.29, 0.717) is 95.9 Å². The number of imide groups is 1. The molecule has 1 aromatic carbocycles. The van der Waals surface area contributed by atoms with Crippen molar-refractivity contribution in [2.45, 2.75) is 25.4 Å². The standard InChI is InChI=1S/C30H41N3O11/c1-2-7-38-8-9-39-10-11-40-12-13-41-14-15-42-16-17-43-18-19-44-22-28(35)31-24-3-4-25-23(20-24)21-33(30(25)37)26-5-6-27(34)32-29(26)36/h1,3-4,20,26H,5-19,21-22H2,(H,31,35)(H,32,34,36). The molecule has 1 unspecified atom stereocenters. The van der Waals surface area contributed by atoms with Crippen molar-refractivity contribution in [3.8, 4) is 12.3 Å². The number of hydrogen-bond acceptors (Lipinski definition) is 11. The van der Waals surface area contributed by atoms with Gasteiger partial charge in [0, 0.05) is 24.2 Å². The lowest BCUT2D eigenvalue weighted by Crippen LogP contribution is -2.52. The summed E-state index contributed by atoms with van der Waals surface area (Å²) in [5.41, 5.74) is 1.69. The average Bonchev–Trinajstić information content (AvgIpc) is 3.32. The summed E-state index contributed by atoms with van der Waals surface area (Å²) < 4.78 is 37.5. The molecule has 1 aromatic rings. The minimum atomic E-state index is -0.688. The number of fused-ring (bicyclic) bond motifs is 1. The Hall–Kier alpha value is -3.42. The minimum absolute atomic E-state index is 0.158. The molecule has 0 saturated carbocycles. The van der Waals surface area contributed by atoms with E-state index < -0.39 is 11.9 Å². The van der Waals surface area contributed by atoms with E-state index in [0.717, 1.165) is 0 Å². The summed E-state index contributed by atoms with van der Waals surface area (Å²) in [7, 11) is 0. The molecule has 2 aliphatic rings. The first kappa shape index (κ1) is 35.1. The third-order valence-corrected chi connectivity index (χ3v) is 6.46. The highest BCUT2D eigenvalue weighted by Crippen LogP contribution is 2.29. The Bertz CT molecular complexity index is 1120. The van der Waals surface area contributed by atoms with Crippen molar-refractivity contribution in [1.82, 2.24) is 10.2 Å². The summed E-state index contributed by atoms with van der Waals surface area (Å²) in [5, 5.41) is 5.02. The number of hydrogen-bond donors (Lipinski definition) is 2. The summed E-state index contributed by atoms with van der Waals surface area (Å²) in [6.45, 7) is 5.42. The van der Waals surface area contributed by atoms with Gasteiger partial charge in [-0.25, -0.2) is 0 Å². The fourth-order valence-corrected chi connectivity index (χ4v) is 4.36. The maximum Gasteiger partial charge on any atom is 0.255 e. The van der Waals surface area contributed by atoms with E-state index in [4.69, 9.17) is 39.6 Å². The monoisotopic (exact) mass is 619 g/mol. The molecule has 0 aromatic heterocycles. The second-order valence-electron chi connectivity index (χ2n) is 9.69. The molecule has 0 spiro atoms. The number of nitrogens with zero attached hydrogens (tertiary/aromatic N) is 1. The predicted molar refractivity (Wildman–Crippen MR) is 156 cm³/mol. The highest BCUT2D eigenvalue weighted by Gasteiger charge is 2.39. The van der Waals surface area contributed by atoms with Crippen molar-refractivity contribution in [1.29, 1.82) is 0 Å². The van der Waals surface area contributed by atoms with Crippen LogP contribution in [0.1, 0.15) is 28.8 Å². The number of nitrogens with one attached hydrogen (secondary N) is 2. The zero-order valence-electron chi connectivity index (χ0n) is 24.8. The molecular weight excluding hydrogens is 578 g/mol. The van der Waals surface area contributed by atoms with E-state index in [1.807, 2.05) is 0 Å². The molecule has 1 fully saturated rings. The fraction of sp³-hybridized carbons (Fsp3) is 0.600. The Morgan fingerprint density at radius 2 is 1.39 bits per heavy atom. The molecule has 0 aliphatic carbocycles. The molecule has 2 N–H and O–H groups in total. The number of benzene rings is 1. The summed E-state index contributed by atoms with van der Waals surface area (Å²) in [5.74, 6) is 0.965. The fourth-order valence-electron chi connectivity index (χ4n) is 4.36. The molecule has 14 nitrogen and oxygen atoms in total. The Labute approximate surface area is 256 Å². The van der Waals surface area contributed by atoms with Gasteiger partial charge in [0.2, 0.25) is 17.7 Å². The maximum atomic E-state index is 12.8. The Kier molecular flexibility index (Phi) is 16.4. The zero-order valence-corrected chi connectivity index (χ0v) is 24.8. The van der Waals surface area contributed by atoms with Crippen molar-refractivity contribution in [3.05, 3.63) is 29.3 Å². The SMILES string of the molecule is C#CCOCCOCCOCCOCCOCCOCCOCC(=O)Nc1ccc2c(c1)CN(C1CCC(=O)NC1=O)C2=O. The van der Waals surface area contributed by atoms with Crippen molar-refractivity contribution in [3.63, 3.8) is 0 Å². The number of amides is 4. The first-order valence-electron chi connectivity index (χ1n) is 14.5. The highest BCUT2D eigenvalue weighted by atomic mass is 16.6. The average molecular weight is 620 g/mol. The van der Waals surface area contributed by atoms with Crippen LogP contribution in [-0.4, -0.2) is 127 Å². The second-order valence-corrected chi connectivity index (χ2v) is 9.69. The van der Waals surface area contributed by atoms with Crippen LogP contribution in [0.5, 0.6) is 0 Å². The lowest BCUT2D eigenvalue weighted by molar-refractivity contribution is -0.137. The van der Waals surface area contributed by atoms with E-state index in [1.165, 1.54) is 4.90 Å². The van der Waals surface area contributed by atoms with E-state index in [1.54, 1.807) is 18.2 Å². The zero-order chi connectivity index (χ0) is 31.4. The number of ether oxygens (including phenoxy) is 7. The first-order valence-corrected chi connectivity index (χ1v) is 14.5. The van der Waals surface area contributed by atoms with Gasteiger partial charge in [-0.05, 0) is 30.2 Å². The topological polar surface area (TPSA) is 160 Å². The van der Waals surface area contributed by atoms with Gasteiger partial charge in [0.1, 0.15) is 19.3 Å². The summed E-state index contributed by atoms with van der Waals surface area (Å²) in [6, 6.07) is 4.27. The molecule has 14 heteroatoms. The van der Waals surface area contributed by atoms with Crippen molar-refractivity contribution in [2.75, 3.05) is 97.8 Å². The van der Waals surface area contributed by atoms with E-state index in [-0.39, 0.29) is 50.5 Å².